The van der Waals surface area contributed by atoms with E-state index in [0.717, 1.165) is 0 Å². The summed E-state index contributed by atoms with van der Waals surface area (Å²) in [4.78, 5) is 0. The van der Waals surface area contributed by atoms with Crippen LogP contribution in [0.3, 0.4) is 0 Å². The fourth-order valence-electron chi connectivity index (χ4n) is 9.42. The van der Waals surface area contributed by atoms with Gasteiger partial charge in [-0.1, -0.05) is 173 Å². The molecule has 0 unspecified atom stereocenters. The lowest BCUT2D eigenvalue weighted by atomic mass is 9.74. The van der Waals surface area contributed by atoms with E-state index in [-0.39, 0.29) is 10.8 Å². The highest BCUT2D eigenvalue weighted by Crippen LogP contribution is 2.56. The number of fused-ring (bicyclic) bond motifs is 7. The second-order valence-electron chi connectivity index (χ2n) is 15.3. The molecule has 0 nitrogen and oxygen atoms in total. The Morgan fingerprint density at radius 3 is 1.76 bits per heavy atom. The summed E-state index contributed by atoms with van der Waals surface area (Å²) in [5.74, 6) is 0. The van der Waals surface area contributed by atoms with Gasteiger partial charge in [-0.2, -0.15) is 0 Å². The summed E-state index contributed by atoms with van der Waals surface area (Å²) in [5.41, 5.74) is 15.9. The van der Waals surface area contributed by atoms with E-state index in [4.69, 9.17) is 0 Å². The maximum absolute atomic E-state index is 2.49. The van der Waals surface area contributed by atoms with E-state index in [9.17, 15) is 0 Å². The monoisotopic (exact) mass is 638 g/mol. The molecule has 0 fully saturated rings. The van der Waals surface area contributed by atoms with E-state index >= 15 is 0 Å². The molecule has 0 N–H and O–H groups in total. The van der Waals surface area contributed by atoms with Crippen LogP contribution in [-0.4, -0.2) is 0 Å². The summed E-state index contributed by atoms with van der Waals surface area (Å²) in [5, 5.41) is 7.75. The van der Waals surface area contributed by atoms with Crippen molar-refractivity contribution in [2.24, 2.45) is 0 Å². The Morgan fingerprint density at radius 1 is 0.360 bits per heavy atom. The molecule has 2 aliphatic carbocycles. The van der Waals surface area contributed by atoms with Gasteiger partial charge in [-0.25, -0.2) is 0 Å². The van der Waals surface area contributed by atoms with Gasteiger partial charge in [0.25, 0.3) is 0 Å². The standard InChI is InChI=1S/C50H38/c1-49(2)42-24-11-6-16-33(42)30-45(49)47-37-20-9-8-19-36(37)46(40-23-14-26-44-48(40)39-21-10-12-25-43(39)50(44,3)4)41-29-32(27-28-38(41)47)35-22-13-17-31-15-5-7-18-34(31)35/h5-30H,1-4H3. The summed E-state index contributed by atoms with van der Waals surface area (Å²) in [7, 11) is 0. The van der Waals surface area contributed by atoms with Gasteiger partial charge in [0.15, 0.2) is 0 Å². The van der Waals surface area contributed by atoms with E-state index in [0.29, 0.717) is 0 Å². The summed E-state index contributed by atoms with van der Waals surface area (Å²) < 4.78 is 0. The minimum Gasteiger partial charge on any atom is -0.0619 e. The molecule has 0 amide bonds. The third kappa shape index (κ3) is 3.94. The van der Waals surface area contributed by atoms with Gasteiger partial charge in [-0.05, 0) is 111 Å². The lowest BCUT2D eigenvalue weighted by Gasteiger charge is -2.28. The number of allylic oxidation sites excluding steroid dienone is 1. The Hall–Kier alpha value is -5.72. The first kappa shape index (κ1) is 29.2. The molecule has 8 aromatic rings. The summed E-state index contributed by atoms with van der Waals surface area (Å²) in [6.07, 6.45) is 2.45. The van der Waals surface area contributed by atoms with E-state index < -0.39 is 0 Å². The first-order chi connectivity index (χ1) is 24.3. The molecule has 50 heavy (non-hydrogen) atoms. The molecule has 8 aromatic carbocycles. The van der Waals surface area contributed by atoms with Crippen molar-refractivity contribution >= 4 is 44.0 Å². The quantitative estimate of drug-likeness (QED) is 0.169. The van der Waals surface area contributed by atoms with Gasteiger partial charge in [-0.3, -0.25) is 0 Å². The predicted molar refractivity (Wildman–Crippen MR) is 215 cm³/mol. The molecule has 238 valence electrons. The molecule has 0 heterocycles. The normalized spacial score (nSPS) is 15.2. The summed E-state index contributed by atoms with van der Waals surface area (Å²) >= 11 is 0. The Bertz CT molecular complexity index is 2740. The van der Waals surface area contributed by atoms with Gasteiger partial charge < -0.3 is 0 Å². The van der Waals surface area contributed by atoms with E-state index in [2.05, 4.69) is 185 Å². The Balaban J connectivity index is 1.37. The molecule has 0 saturated heterocycles. The van der Waals surface area contributed by atoms with Crippen LogP contribution < -0.4 is 0 Å². The minimum atomic E-state index is -0.140. The van der Waals surface area contributed by atoms with Gasteiger partial charge in [-0.15, -0.1) is 0 Å². The fraction of sp³-hybridized carbons (Fsp3) is 0.120. The van der Waals surface area contributed by atoms with Crippen LogP contribution in [0.5, 0.6) is 0 Å². The average molecular weight is 639 g/mol. The maximum Gasteiger partial charge on any atom is 0.0159 e. The molecule has 0 aliphatic heterocycles. The van der Waals surface area contributed by atoms with E-state index in [1.54, 1.807) is 0 Å². The van der Waals surface area contributed by atoms with Crippen LogP contribution in [0.2, 0.25) is 0 Å². The minimum absolute atomic E-state index is 0.0773. The zero-order chi connectivity index (χ0) is 33.8. The van der Waals surface area contributed by atoms with Gasteiger partial charge in [0.1, 0.15) is 0 Å². The molecule has 0 bridgehead atoms. The van der Waals surface area contributed by atoms with Crippen LogP contribution in [0.4, 0.5) is 0 Å². The number of hydrogen-bond donors (Lipinski definition) is 0. The third-order valence-corrected chi connectivity index (χ3v) is 11.9. The highest BCUT2D eigenvalue weighted by Gasteiger charge is 2.38. The first-order valence-electron chi connectivity index (χ1n) is 17.9. The lowest BCUT2D eigenvalue weighted by Crippen LogP contribution is -2.17. The van der Waals surface area contributed by atoms with Crippen LogP contribution in [0.25, 0.3) is 77.3 Å². The molecule has 10 rings (SSSR count). The third-order valence-electron chi connectivity index (χ3n) is 11.9. The zero-order valence-electron chi connectivity index (χ0n) is 29.0. The fourth-order valence-corrected chi connectivity index (χ4v) is 9.42. The highest BCUT2D eigenvalue weighted by molar-refractivity contribution is 6.23. The predicted octanol–water partition coefficient (Wildman–Crippen LogP) is 13.6. The molecule has 0 heteroatoms. The second-order valence-corrected chi connectivity index (χ2v) is 15.3. The first-order valence-corrected chi connectivity index (χ1v) is 17.9. The van der Waals surface area contributed by atoms with Crippen LogP contribution in [0, 0.1) is 0 Å². The smallest absolute Gasteiger partial charge is 0.0159 e. The largest absolute Gasteiger partial charge is 0.0619 e. The number of benzene rings is 8. The van der Waals surface area contributed by atoms with Crippen molar-refractivity contribution in [1.29, 1.82) is 0 Å². The van der Waals surface area contributed by atoms with Crippen LogP contribution in [0.1, 0.15) is 55.5 Å². The summed E-state index contributed by atoms with van der Waals surface area (Å²) in [6.45, 7) is 9.55. The van der Waals surface area contributed by atoms with E-state index in [1.807, 2.05) is 0 Å². The average Bonchev–Trinajstić information content (AvgIpc) is 3.55. The molecule has 0 saturated carbocycles. The molecule has 0 aromatic heterocycles. The highest BCUT2D eigenvalue weighted by atomic mass is 14.4. The van der Waals surface area contributed by atoms with Gasteiger partial charge in [0.05, 0.1) is 0 Å². The molecular formula is C50H38. The Kier molecular flexibility index (Phi) is 6.07. The molecule has 0 atom stereocenters. The van der Waals surface area contributed by atoms with Crippen molar-refractivity contribution in [3.63, 3.8) is 0 Å². The van der Waals surface area contributed by atoms with Crippen LogP contribution in [-0.2, 0) is 10.8 Å². The van der Waals surface area contributed by atoms with E-state index in [1.165, 1.54) is 99.1 Å². The van der Waals surface area contributed by atoms with Crippen molar-refractivity contribution < 1.29 is 0 Å². The van der Waals surface area contributed by atoms with Crippen molar-refractivity contribution in [3.8, 4) is 33.4 Å². The molecule has 0 spiro atoms. The Morgan fingerprint density at radius 2 is 0.940 bits per heavy atom. The van der Waals surface area contributed by atoms with Gasteiger partial charge in [0, 0.05) is 10.8 Å². The van der Waals surface area contributed by atoms with Crippen molar-refractivity contribution in [2.75, 3.05) is 0 Å². The van der Waals surface area contributed by atoms with Crippen LogP contribution >= 0.6 is 0 Å². The summed E-state index contributed by atoms with van der Waals surface area (Å²) in [6, 6.07) is 56.8. The Labute approximate surface area is 294 Å². The number of hydrogen-bond acceptors (Lipinski definition) is 0. The van der Waals surface area contributed by atoms with Crippen molar-refractivity contribution in [2.45, 2.75) is 38.5 Å². The van der Waals surface area contributed by atoms with Gasteiger partial charge >= 0.3 is 0 Å². The molecular weight excluding hydrogens is 601 g/mol. The van der Waals surface area contributed by atoms with Crippen LogP contribution in [0.15, 0.2) is 152 Å². The lowest BCUT2D eigenvalue weighted by molar-refractivity contribution is 0.660. The molecule has 2 aliphatic rings. The van der Waals surface area contributed by atoms with Gasteiger partial charge in [0.2, 0.25) is 0 Å². The maximum atomic E-state index is 2.49. The zero-order valence-corrected chi connectivity index (χ0v) is 29.0. The van der Waals surface area contributed by atoms with Crippen molar-refractivity contribution in [1.82, 2.24) is 0 Å². The SMILES string of the molecule is CC1(C)C(c2c3ccccc3c(-c3cccc4c3-c3ccccc3C4(C)C)c3cc(-c4cccc5ccccc45)ccc23)=Cc2ccccc21. The second kappa shape index (κ2) is 10.4. The molecule has 0 radical (unpaired) electrons. The number of rotatable bonds is 3. The van der Waals surface area contributed by atoms with Crippen molar-refractivity contribution in [3.05, 3.63) is 179 Å². The topological polar surface area (TPSA) is 0 Å².